The van der Waals surface area contributed by atoms with Crippen LogP contribution in [-0.4, -0.2) is 29.7 Å². The van der Waals surface area contributed by atoms with Crippen molar-refractivity contribution in [2.24, 2.45) is 0 Å². The van der Waals surface area contributed by atoms with Crippen molar-refractivity contribution in [1.29, 1.82) is 5.41 Å². The monoisotopic (exact) mass is 259 g/mol. The number of hydrogen-bond acceptors (Lipinski definition) is 2. The van der Waals surface area contributed by atoms with E-state index in [1.165, 1.54) is 12.5 Å². The molecule has 1 heterocycles. The molecule has 4 nitrogen and oxygen atoms in total. The lowest BCUT2D eigenvalue weighted by molar-refractivity contribution is -0.114. The van der Waals surface area contributed by atoms with E-state index in [2.05, 4.69) is 22.3 Å². The highest BCUT2D eigenvalue weighted by molar-refractivity contribution is 5.88. The van der Waals surface area contributed by atoms with E-state index >= 15 is 0 Å². The van der Waals surface area contributed by atoms with Crippen molar-refractivity contribution in [2.75, 3.05) is 18.4 Å². The normalized spacial score (nSPS) is 16.2. The van der Waals surface area contributed by atoms with Crippen molar-refractivity contribution in [1.82, 2.24) is 4.90 Å². The molecule has 0 spiro atoms. The largest absolute Gasteiger partial charge is 0.361 e. The smallest absolute Gasteiger partial charge is 0.221 e. The maximum absolute atomic E-state index is 11.0. The lowest BCUT2D eigenvalue weighted by Crippen LogP contribution is -2.35. The summed E-state index contributed by atoms with van der Waals surface area (Å²) in [7, 11) is 0. The highest BCUT2D eigenvalue weighted by Gasteiger charge is 2.20. The number of amidine groups is 1. The molecule has 0 radical (unpaired) electrons. The van der Waals surface area contributed by atoms with E-state index in [1.54, 1.807) is 0 Å². The molecule has 0 atom stereocenters. The van der Waals surface area contributed by atoms with Crippen LogP contribution in [0.3, 0.4) is 0 Å². The van der Waals surface area contributed by atoms with Crippen molar-refractivity contribution in [3.63, 3.8) is 0 Å². The number of benzene rings is 1. The van der Waals surface area contributed by atoms with E-state index in [4.69, 9.17) is 5.41 Å². The third kappa shape index (κ3) is 3.56. The van der Waals surface area contributed by atoms with Crippen molar-refractivity contribution in [3.8, 4) is 0 Å². The Labute approximate surface area is 114 Å². The summed E-state index contributed by atoms with van der Waals surface area (Å²) >= 11 is 0. The number of amides is 1. The predicted molar refractivity (Wildman–Crippen MR) is 77.7 cm³/mol. The van der Waals surface area contributed by atoms with Gasteiger partial charge < -0.3 is 10.2 Å². The van der Waals surface area contributed by atoms with E-state index in [0.29, 0.717) is 11.8 Å². The molecule has 2 N–H and O–H groups in total. The van der Waals surface area contributed by atoms with Gasteiger partial charge in [-0.05, 0) is 43.4 Å². The molecular formula is C15H21N3O. The van der Waals surface area contributed by atoms with Gasteiger partial charge in [-0.3, -0.25) is 10.2 Å². The first kappa shape index (κ1) is 13.6. The summed E-state index contributed by atoms with van der Waals surface area (Å²) in [6, 6.07) is 8.13. The number of rotatable bonds is 2. The molecule has 1 fully saturated rings. The predicted octanol–water partition coefficient (Wildman–Crippen LogP) is 2.82. The van der Waals surface area contributed by atoms with Crippen LogP contribution >= 0.6 is 0 Å². The molecule has 102 valence electrons. The summed E-state index contributed by atoms with van der Waals surface area (Å²) in [5.41, 5.74) is 2.18. The standard InChI is InChI=1S/C15H21N3O/c1-11(16)18-9-7-14(8-10-18)13-3-5-15(6-4-13)17-12(2)19/h3-6,14,16H,7-10H2,1-2H3,(H,17,19). The van der Waals surface area contributed by atoms with Gasteiger partial charge in [0.05, 0.1) is 5.84 Å². The first-order valence-electron chi connectivity index (χ1n) is 6.74. The summed E-state index contributed by atoms with van der Waals surface area (Å²) in [6.45, 7) is 5.30. The lowest BCUT2D eigenvalue weighted by atomic mass is 9.89. The van der Waals surface area contributed by atoms with E-state index in [0.717, 1.165) is 31.6 Å². The van der Waals surface area contributed by atoms with Gasteiger partial charge in [0, 0.05) is 25.7 Å². The molecule has 0 bridgehead atoms. The SMILES string of the molecule is CC(=N)N1CCC(c2ccc(NC(C)=O)cc2)CC1. The van der Waals surface area contributed by atoms with Crippen LogP contribution in [0.1, 0.15) is 38.2 Å². The van der Waals surface area contributed by atoms with Crippen LogP contribution in [0.4, 0.5) is 5.69 Å². The summed E-state index contributed by atoms with van der Waals surface area (Å²) in [5.74, 6) is 1.20. The number of nitrogens with zero attached hydrogens (tertiary/aromatic N) is 1. The van der Waals surface area contributed by atoms with Crippen molar-refractivity contribution >= 4 is 17.4 Å². The Kier molecular flexibility index (Phi) is 4.20. The molecule has 1 aromatic carbocycles. The summed E-state index contributed by atoms with van der Waals surface area (Å²) < 4.78 is 0. The first-order valence-corrected chi connectivity index (χ1v) is 6.74. The van der Waals surface area contributed by atoms with Crippen LogP contribution in [0.5, 0.6) is 0 Å². The fourth-order valence-electron chi connectivity index (χ4n) is 2.59. The van der Waals surface area contributed by atoms with Gasteiger partial charge in [0.25, 0.3) is 0 Å². The number of carbonyl (C=O) groups excluding carboxylic acids is 1. The minimum atomic E-state index is -0.0393. The second-order valence-electron chi connectivity index (χ2n) is 5.15. The van der Waals surface area contributed by atoms with E-state index in [-0.39, 0.29) is 5.91 Å². The maximum Gasteiger partial charge on any atom is 0.221 e. The Balaban J connectivity index is 1.96. The molecule has 0 aromatic heterocycles. The highest BCUT2D eigenvalue weighted by atomic mass is 16.1. The second-order valence-corrected chi connectivity index (χ2v) is 5.15. The van der Waals surface area contributed by atoms with Gasteiger partial charge >= 0.3 is 0 Å². The van der Waals surface area contributed by atoms with Gasteiger partial charge in [0.15, 0.2) is 0 Å². The van der Waals surface area contributed by atoms with Crippen LogP contribution in [0.25, 0.3) is 0 Å². The number of carbonyl (C=O) groups is 1. The van der Waals surface area contributed by atoms with Gasteiger partial charge in [-0.2, -0.15) is 0 Å². The average molecular weight is 259 g/mol. The molecule has 1 aliphatic heterocycles. The van der Waals surface area contributed by atoms with Crippen LogP contribution in [0.15, 0.2) is 24.3 Å². The Morgan fingerprint density at radius 1 is 1.21 bits per heavy atom. The van der Waals surface area contributed by atoms with E-state index < -0.39 is 0 Å². The molecule has 1 aromatic rings. The minimum absolute atomic E-state index is 0.0393. The summed E-state index contributed by atoms with van der Waals surface area (Å²) in [4.78, 5) is 13.1. The summed E-state index contributed by atoms with van der Waals surface area (Å²) in [5, 5.41) is 10.4. The van der Waals surface area contributed by atoms with Crippen LogP contribution in [-0.2, 0) is 4.79 Å². The molecule has 1 amide bonds. The second kappa shape index (κ2) is 5.87. The Morgan fingerprint density at radius 2 is 1.79 bits per heavy atom. The molecule has 19 heavy (non-hydrogen) atoms. The van der Waals surface area contributed by atoms with Gasteiger partial charge in [0.1, 0.15) is 0 Å². The quantitative estimate of drug-likeness (QED) is 0.634. The average Bonchev–Trinajstić information content (AvgIpc) is 2.39. The molecule has 1 saturated heterocycles. The van der Waals surface area contributed by atoms with Crippen molar-refractivity contribution in [3.05, 3.63) is 29.8 Å². The lowest BCUT2D eigenvalue weighted by Gasteiger charge is -2.33. The van der Waals surface area contributed by atoms with Gasteiger partial charge in [-0.25, -0.2) is 0 Å². The number of anilines is 1. The fourth-order valence-corrected chi connectivity index (χ4v) is 2.59. The van der Waals surface area contributed by atoms with Crippen molar-refractivity contribution < 1.29 is 4.79 Å². The molecule has 4 heteroatoms. The fraction of sp³-hybridized carbons (Fsp3) is 0.467. The van der Waals surface area contributed by atoms with Gasteiger partial charge in [-0.1, -0.05) is 12.1 Å². The highest BCUT2D eigenvalue weighted by Crippen LogP contribution is 2.28. The molecule has 1 aliphatic rings. The molecule has 0 aliphatic carbocycles. The Morgan fingerprint density at radius 3 is 2.26 bits per heavy atom. The molecular weight excluding hydrogens is 238 g/mol. The van der Waals surface area contributed by atoms with Crippen LogP contribution in [0, 0.1) is 5.41 Å². The zero-order valence-corrected chi connectivity index (χ0v) is 11.6. The topological polar surface area (TPSA) is 56.2 Å². The van der Waals surface area contributed by atoms with Crippen LogP contribution in [0.2, 0.25) is 0 Å². The third-order valence-corrected chi connectivity index (χ3v) is 3.67. The van der Waals surface area contributed by atoms with Gasteiger partial charge in [-0.15, -0.1) is 0 Å². The zero-order chi connectivity index (χ0) is 13.8. The number of nitrogens with one attached hydrogen (secondary N) is 2. The third-order valence-electron chi connectivity index (χ3n) is 3.67. The Bertz CT molecular complexity index is 459. The number of piperidine rings is 1. The number of likely N-dealkylation sites (tertiary alicyclic amines) is 1. The molecule has 2 rings (SSSR count). The first-order chi connectivity index (χ1) is 9.06. The molecule has 0 unspecified atom stereocenters. The zero-order valence-electron chi connectivity index (χ0n) is 11.6. The van der Waals surface area contributed by atoms with E-state index in [9.17, 15) is 4.79 Å². The number of hydrogen-bond donors (Lipinski definition) is 2. The van der Waals surface area contributed by atoms with Crippen molar-refractivity contribution in [2.45, 2.75) is 32.6 Å². The van der Waals surface area contributed by atoms with E-state index in [1.807, 2.05) is 19.1 Å². The molecule has 0 saturated carbocycles. The van der Waals surface area contributed by atoms with Crippen LogP contribution < -0.4 is 5.32 Å². The summed E-state index contributed by atoms with van der Waals surface area (Å²) in [6.07, 6.45) is 2.19. The Hall–Kier alpha value is -1.84. The minimum Gasteiger partial charge on any atom is -0.361 e. The maximum atomic E-state index is 11.0. The van der Waals surface area contributed by atoms with Gasteiger partial charge in [0.2, 0.25) is 5.91 Å².